The summed E-state index contributed by atoms with van der Waals surface area (Å²) in [6, 6.07) is 8.24. The molecular weight excluding hydrogens is 461 g/mol. The number of hydrogen-bond acceptors (Lipinski definition) is 5. The van der Waals surface area contributed by atoms with E-state index in [2.05, 4.69) is 14.8 Å². The maximum atomic E-state index is 12.6. The first-order chi connectivity index (χ1) is 14.5. The van der Waals surface area contributed by atoms with E-state index in [4.69, 9.17) is 16.3 Å². The summed E-state index contributed by atoms with van der Waals surface area (Å²) in [7, 11) is -4.00. The van der Waals surface area contributed by atoms with Gasteiger partial charge in [-0.05, 0) is 55.3 Å². The molecule has 31 heavy (non-hydrogen) atoms. The first kappa shape index (κ1) is 23.3. The van der Waals surface area contributed by atoms with Crippen molar-refractivity contribution in [1.82, 2.24) is 4.72 Å². The van der Waals surface area contributed by atoms with Gasteiger partial charge in [-0.25, -0.2) is 13.1 Å². The molecule has 0 unspecified atom stereocenters. The lowest BCUT2D eigenvalue weighted by molar-refractivity contribution is -0.274. The van der Waals surface area contributed by atoms with Gasteiger partial charge in [-0.1, -0.05) is 11.6 Å². The van der Waals surface area contributed by atoms with E-state index in [1.807, 2.05) is 0 Å². The zero-order valence-corrected chi connectivity index (χ0v) is 17.5. The Hall–Kier alpha value is -2.34. The van der Waals surface area contributed by atoms with Crippen molar-refractivity contribution in [3.05, 3.63) is 53.1 Å². The molecule has 0 spiro atoms. The highest BCUT2D eigenvalue weighted by molar-refractivity contribution is 7.89. The molecule has 3 rings (SSSR count). The Morgan fingerprint density at radius 1 is 1.19 bits per heavy atom. The van der Waals surface area contributed by atoms with Crippen molar-refractivity contribution in [2.24, 2.45) is 0 Å². The van der Waals surface area contributed by atoms with Gasteiger partial charge in [0.25, 0.3) is 5.91 Å². The molecule has 0 bridgehead atoms. The highest BCUT2D eigenvalue weighted by Crippen LogP contribution is 2.26. The molecule has 168 valence electrons. The second-order valence-corrected chi connectivity index (χ2v) is 8.80. The topological polar surface area (TPSA) is 93.7 Å². The number of carbonyl (C=O) groups is 1. The molecule has 12 heteroatoms. The van der Waals surface area contributed by atoms with Crippen molar-refractivity contribution in [3.8, 4) is 5.75 Å². The molecular formula is C19H18ClF3N2O5S. The van der Waals surface area contributed by atoms with Crippen molar-refractivity contribution >= 4 is 33.2 Å². The summed E-state index contributed by atoms with van der Waals surface area (Å²) in [5, 5.41) is 2.40. The van der Waals surface area contributed by atoms with Crippen LogP contribution in [0.1, 0.15) is 23.2 Å². The molecule has 0 aliphatic carbocycles. The van der Waals surface area contributed by atoms with Crippen molar-refractivity contribution in [3.63, 3.8) is 0 Å². The Labute approximate surface area is 181 Å². The third-order valence-electron chi connectivity index (χ3n) is 4.35. The van der Waals surface area contributed by atoms with Gasteiger partial charge >= 0.3 is 6.36 Å². The SMILES string of the molecule is O=C(Nc1ccc(OC(F)(F)F)cc1)c1ccc(Cl)c(S(=O)(=O)NC[C@@H]2CCCO2)c1. The minimum Gasteiger partial charge on any atom is -0.406 e. The van der Waals surface area contributed by atoms with Gasteiger partial charge in [-0.2, -0.15) is 0 Å². The summed E-state index contributed by atoms with van der Waals surface area (Å²) >= 11 is 6.02. The number of hydrogen-bond donors (Lipinski definition) is 2. The van der Waals surface area contributed by atoms with Crippen LogP contribution in [0.25, 0.3) is 0 Å². The smallest absolute Gasteiger partial charge is 0.406 e. The molecule has 2 aromatic carbocycles. The molecule has 1 amide bonds. The standard InChI is InChI=1S/C19H18ClF3N2O5S/c20-16-8-3-12(10-17(16)31(27,28)24-11-15-2-1-9-29-15)18(26)25-13-4-6-14(7-5-13)30-19(21,22)23/h3-8,10,15,24H,1-2,9,11H2,(H,25,26)/t15-/m0/s1. The number of ether oxygens (including phenoxy) is 2. The van der Waals surface area contributed by atoms with Gasteiger partial charge in [0.1, 0.15) is 10.6 Å². The van der Waals surface area contributed by atoms with Gasteiger partial charge in [0.05, 0.1) is 11.1 Å². The Kier molecular flexibility index (Phi) is 7.10. The Morgan fingerprint density at radius 3 is 2.52 bits per heavy atom. The Balaban J connectivity index is 1.70. The number of alkyl halides is 3. The average molecular weight is 479 g/mol. The van der Waals surface area contributed by atoms with E-state index in [-0.39, 0.29) is 33.8 Å². The van der Waals surface area contributed by atoms with Crippen LogP contribution in [0.15, 0.2) is 47.4 Å². The monoisotopic (exact) mass is 478 g/mol. The quantitative estimate of drug-likeness (QED) is 0.628. The fourth-order valence-electron chi connectivity index (χ4n) is 2.88. The average Bonchev–Trinajstić information content (AvgIpc) is 3.21. The van der Waals surface area contributed by atoms with E-state index in [9.17, 15) is 26.4 Å². The first-order valence-corrected chi connectivity index (χ1v) is 11.0. The maximum Gasteiger partial charge on any atom is 0.573 e. The largest absolute Gasteiger partial charge is 0.573 e. The summed E-state index contributed by atoms with van der Waals surface area (Å²) < 4.78 is 73.4. The van der Waals surface area contributed by atoms with Gasteiger partial charge in [-0.3, -0.25) is 4.79 Å². The third-order valence-corrected chi connectivity index (χ3v) is 6.26. The number of carbonyl (C=O) groups excluding carboxylic acids is 1. The van der Waals surface area contributed by atoms with E-state index in [0.717, 1.165) is 31.0 Å². The highest BCUT2D eigenvalue weighted by Gasteiger charge is 2.31. The molecule has 1 atom stereocenters. The van der Waals surface area contributed by atoms with Crippen LogP contribution in [0.5, 0.6) is 5.75 Å². The van der Waals surface area contributed by atoms with Gasteiger partial charge in [0, 0.05) is 24.4 Å². The van der Waals surface area contributed by atoms with E-state index in [1.165, 1.54) is 24.3 Å². The summed E-state index contributed by atoms with van der Waals surface area (Å²) in [6.07, 6.45) is -3.45. The second kappa shape index (κ2) is 9.43. The lowest BCUT2D eigenvalue weighted by Gasteiger charge is -2.13. The van der Waals surface area contributed by atoms with Crippen LogP contribution >= 0.6 is 11.6 Å². The van der Waals surface area contributed by atoms with Gasteiger partial charge in [0.2, 0.25) is 10.0 Å². The Morgan fingerprint density at radius 2 is 1.90 bits per heavy atom. The summed E-state index contributed by atoms with van der Waals surface area (Å²) in [4.78, 5) is 12.2. The Bertz CT molecular complexity index is 1040. The molecule has 1 saturated heterocycles. The van der Waals surface area contributed by atoms with Crippen LogP contribution in [0, 0.1) is 0 Å². The number of nitrogens with one attached hydrogen (secondary N) is 2. The van der Waals surface area contributed by atoms with Crippen LogP contribution in [0.3, 0.4) is 0 Å². The van der Waals surface area contributed by atoms with Crippen LogP contribution in [0.2, 0.25) is 5.02 Å². The van der Waals surface area contributed by atoms with Crippen LogP contribution in [-0.4, -0.2) is 39.9 Å². The highest BCUT2D eigenvalue weighted by atomic mass is 35.5. The molecule has 0 saturated carbocycles. The zero-order chi connectivity index (χ0) is 22.6. The fourth-order valence-corrected chi connectivity index (χ4v) is 4.47. The minimum absolute atomic E-state index is 0.00231. The summed E-state index contributed by atoms with van der Waals surface area (Å²) in [5.74, 6) is -1.11. The molecule has 1 aliphatic rings. The van der Waals surface area contributed by atoms with E-state index in [0.29, 0.717) is 6.61 Å². The van der Waals surface area contributed by atoms with Crippen molar-refractivity contribution < 1.29 is 35.9 Å². The predicted octanol–water partition coefficient (Wildman–Crippen LogP) is 3.95. The van der Waals surface area contributed by atoms with Crippen LogP contribution in [0.4, 0.5) is 18.9 Å². The molecule has 0 radical (unpaired) electrons. The number of sulfonamides is 1. The van der Waals surface area contributed by atoms with Crippen LogP contribution < -0.4 is 14.8 Å². The van der Waals surface area contributed by atoms with Gasteiger partial charge in [0.15, 0.2) is 0 Å². The molecule has 1 fully saturated rings. The zero-order valence-electron chi connectivity index (χ0n) is 15.9. The molecule has 1 heterocycles. The molecule has 7 nitrogen and oxygen atoms in total. The normalized spacial score (nSPS) is 16.8. The lowest BCUT2D eigenvalue weighted by Crippen LogP contribution is -2.32. The van der Waals surface area contributed by atoms with Crippen LogP contribution in [-0.2, 0) is 14.8 Å². The number of benzene rings is 2. The van der Waals surface area contributed by atoms with Gasteiger partial charge in [-0.15, -0.1) is 13.2 Å². The second-order valence-electron chi connectivity index (χ2n) is 6.66. The number of halogens is 4. The molecule has 0 aromatic heterocycles. The summed E-state index contributed by atoms with van der Waals surface area (Å²) in [6.45, 7) is 0.660. The number of amides is 1. The lowest BCUT2D eigenvalue weighted by atomic mass is 10.2. The molecule has 1 aliphatic heterocycles. The van der Waals surface area contributed by atoms with Crippen molar-refractivity contribution in [2.75, 3.05) is 18.5 Å². The van der Waals surface area contributed by atoms with Crippen molar-refractivity contribution in [2.45, 2.75) is 30.2 Å². The number of rotatable bonds is 7. The van der Waals surface area contributed by atoms with E-state index in [1.54, 1.807) is 0 Å². The molecule has 2 N–H and O–H groups in total. The minimum atomic E-state index is -4.83. The third kappa shape index (κ3) is 6.57. The van der Waals surface area contributed by atoms with E-state index < -0.39 is 28.0 Å². The molecule has 2 aromatic rings. The van der Waals surface area contributed by atoms with Gasteiger partial charge < -0.3 is 14.8 Å². The van der Waals surface area contributed by atoms with Crippen molar-refractivity contribution in [1.29, 1.82) is 0 Å². The van der Waals surface area contributed by atoms with E-state index >= 15 is 0 Å². The first-order valence-electron chi connectivity index (χ1n) is 9.11. The maximum absolute atomic E-state index is 12.6. The summed E-state index contributed by atoms with van der Waals surface area (Å²) in [5.41, 5.74) is 0.188. The predicted molar refractivity (Wildman–Crippen MR) is 107 cm³/mol. The fraction of sp³-hybridized carbons (Fsp3) is 0.316. The number of anilines is 1.